The summed E-state index contributed by atoms with van der Waals surface area (Å²) in [7, 11) is 0. The molecule has 0 aromatic heterocycles. The van der Waals surface area contributed by atoms with Gasteiger partial charge in [-0.2, -0.15) is 9.98 Å². The van der Waals surface area contributed by atoms with E-state index in [0.717, 1.165) is 12.8 Å². The van der Waals surface area contributed by atoms with Crippen molar-refractivity contribution in [2.75, 3.05) is 0 Å². The number of aliphatic imine (C=N–C) groups is 2. The smallest absolute Gasteiger partial charge is 0.211 e. The first-order chi connectivity index (χ1) is 5.83. The van der Waals surface area contributed by atoms with Crippen molar-refractivity contribution in [3.05, 3.63) is 0 Å². The van der Waals surface area contributed by atoms with Crippen molar-refractivity contribution in [2.45, 2.75) is 24.9 Å². The molecule has 0 saturated heterocycles. The van der Waals surface area contributed by atoms with E-state index in [-0.39, 0.29) is 0 Å². The highest BCUT2D eigenvalue weighted by Crippen LogP contribution is 2.22. The van der Waals surface area contributed by atoms with E-state index in [1.54, 1.807) is 0 Å². The summed E-state index contributed by atoms with van der Waals surface area (Å²) in [5.74, 6) is 5.38. The summed E-state index contributed by atoms with van der Waals surface area (Å²) in [5.41, 5.74) is -1.18. The van der Waals surface area contributed by atoms with Crippen LogP contribution in [-0.4, -0.2) is 17.8 Å². The Morgan fingerprint density at radius 1 is 1.25 bits per heavy atom. The van der Waals surface area contributed by atoms with Gasteiger partial charge in [-0.15, -0.1) is 0 Å². The van der Waals surface area contributed by atoms with Gasteiger partial charge in [-0.25, -0.2) is 9.59 Å². The second-order valence-corrected chi connectivity index (χ2v) is 2.38. The van der Waals surface area contributed by atoms with Crippen molar-refractivity contribution in [3.8, 4) is 11.8 Å². The third kappa shape index (κ3) is 1.67. The third-order valence-corrected chi connectivity index (χ3v) is 1.58. The average Bonchev–Trinajstić information content (AvgIpc) is 2.07. The maximum atomic E-state index is 10.0. The first kappa shape index (κ1) is 8.42. The summed E-state index contributed by atoms with van der Waals surface area (Å²) in [6.07, 6.45) is 4.75. The maximum absolute atomic E-state index is 10.0. The summed E-state index contributed by atoms with van der Waals surface area (Å²) >= 11 is 0. The van der Waals surface area contributed by atoms with E-state index in [4.69, 9.17) is 0 Å². The first-order valence-corrected chi connectivity index (χ1v) is 3.51. The van der Waals surface area contributed by atoms with E-state index in [1.165, 1.54) is 12.2 Å². The molecule has 0 heterocycles. The summed E-state index contributed by atoms with van der Waals surface area (Å²) < 4.78 is 0. The molecule has 0 unspecified atom stereocenters. The minimum atomic E-state index is -1.18. The molecule has 0 N–H and O–H groups in total. The Labute approximate surface area is 69.4 Å². The van der Waals surface area contributed by atoms with Crippen molar-refractivity contribution in [1.29, 1.82) is 0 Å². The molecule has 1 aliphatic carbocycles. The molecule has 0 amide bonds. The number of rotatable bonds is 2. The largest absolute Gasteiger partial charge is 0.238 e. The third-order valence-electron chi connectivity index (χ3n) is 1.58. The first-order valence-electron chi connectivity index (χ1n) is 3.51. The van der Waals surface area contributed by atoms with Crippen LogP contribution >= 0.6 is 0 Å². The van der Waals surface area contributed by atoms with Gasteiger partial charge in [0.15, 0.2) is 0 Å². The molecule has 0 aromatic rings. The van der Waals surface area contributed by atoms with Crippen molar-refractivity contribution < 1.29 is 9.59 Å². The van der Waals surface area contributed by atoms with Gasteiger partial charge in [0.1, 0.15) is 0 Å². The van der Waals surface area contributed by atoms with Gasteiger partial charge in [0.05, 0.1) is 0 Å². The van der Waals surface area contributed by atoms with Gasteiger partial charge in [-0.3, -0.25) is 0 Å². The van der Waals surface area contributed by atoms with Crippen LogP contribution in [0.2, 0.25) is 0 Å². The minimum absolute atomic E-state index is 0.491. The standard InChI is InChI=1S/C8H6N2O2/c11-6-9-8(10-7-12)4-2-1-3-5-8/h1-2,4H2. The van der Waals surface area contributed by atoms with Gasteiger partial charge in [0.25, 0.3) is 0 Å². The zero-order chi connectivity index (χ0) is 8.86. The number of carbonyl (C=O) groups excluding carboxylic acids is 2. The topological polar surface area (TPSA) is 58.9 Å². The maximum Gasteiger partial charge on any atom is 0.238 e. The van der Waals surface area contributed by atoms with Crippen LogP contribution < -0.4 is 0 Å². The Bertz CT molecular complexity index is 307. The van der Waals surface area contributed by atoms with Crippen LogP contribution in [0.4, 0.5) is 0 Å². The molecule has 12 heavy (non-hydrogen) atoms. The predicted molar refractivity (Wildman–Crippen MR) is 40.6 cm³/mol. The number of nitrogens with zero attached hydrogens (tertiary/aromatic N) is 2. The van der Waals surface area contributed by atoms with Crippen LogP contribution in [0.5, 0.6) is 0 Å². The zero-order valence-corrected chi connectivity index (χ0v) is 6.33. The molecule has 1 rings (SSSR count). The number of hydrogen-bond donors (Lipinski definition) is 0. The second kappa shape index (κ2) is 3.64. The number of isocyanates is 2. The molecule has 4 nitrogen and oxygen atoms in total. The Balaban J connectivity index is 3.05. The van der Waals surface area contributed by atoms with Crippen LogP contribution in [0.1, 0.15) is 19.3 Å². The van der Waals surface area contributed by atoms with Crippen LogP contribution in [0.3, 0.4) is 0 Å². The SMILES string of the molecule is O=C=NC1(N=C=O)C#CCCC1. The fourth-order valence-electron chi connectivity index (χ4n) is 1.03. The van der Waals surface area contributed by atoms with Crippen LogP contribution in [0.25, 0.3) is 0 Å². The Hall–Kier alpha value is -1.68. The van der Waals surface area contributed by atoms with Crippen molar-refractivity contribution >= 4 is 12.2 Å². The highest BCUT2D eigenvalue weighted by Gasteiger charge is 2.27. The lowest BCUT2D eigenvalue weighted by Crippen LogP contribution is -2.23. The second-order valence-electron chi connectivity index (χ2n) is 2.38. The Morgan fingerprint density at radius 3 is 2.33 bits per heavy atom. The van der Waals surface area contributed by atoms with E-state index < -0.39 is 5.66 Å². The fraction of sp³-hybridized carbons (Fsp3) is 0.500. The summed E-state index contributed by atoms with van der Waals surface area (Å²) in [6.45, 7) is 0. The van der Waals surface area contributed by atoms with Crippen LogP contribution in [0, 0.1) is 11.8 Å². The van der Waals surface area contributed by atoms with E-state index in [1.807, 2.05) is 0 Å². The minimum Gasteiger partial charge on any atom is -0.211 e. The van der Waals surface area contributed by atoms with E-state index >= 15 is 0 Å². The van der Waals surface area contributed by atoms with Gasteiger partial charge in [0, 0.05) is 12.8 Å². The molecule has 0 aliphatic heterocycles. The predicted octanol–water partition coefficient (Wildman–Crippen LogP) is 0.542. The highest BCUT2D eigenvalue weighted by molar-refractivity contribution is 5.43. The van der Waals surface area contributed by atoms with Crippen LogP contribution in [-0.2, 0) is 9.59 Å². The van der Waals surface area contributed by atoms with E-state index in [0.29, 0.717) is 6.42 Å². The van der Waals surface area contributed by atoms with Gasteiger partial charge in [-0.05, 0) is 12.3 Å². The van der Waals surface area contributed by atoms with Gasteiger partial charge in [0.2, 0.25) is 17.8 Å². The molecule has 0 bridgehead atoms. The molecule has 0 radical (unpaired) electrons. The normalized spacial score (nSPS) is 25.7. The molecule has 0 spiro atoms. The van der Waals surface area contributed by atoms with Gasteiger partial charge >= 0.3 is 0 Å². The number of hydrogen-bond acceptors (Lipinski definition) is 4. The molecule has 4 heteroatoms. The van der Waals surface area contributed by atoms with E-state index in [9.17, 15) is 9.59 Å². The Morgan fingerprint density at radius 2 is 1.92 bits per heavy atom. The molecule has 0 fully saturated rings. The molecule has 0 saturated carbocycles. The van der Waals surface area contributed by atoms with Crippen molar-refractivity contribution in [1.82, 2.24) is 0 Å². The van der Waals surface area contributed by atoms with E-state index in [2.05, 4.69) is 21.8 Å². The van der Waals surface area contributed by atoms with Crippen LogP contribution in [0.15, 0.2) is 9.98 Å². The highest BCUT2D eigenvalue weighted by atomic mass is 16.1. The lowest BCUT2D eigenvalue weighted by Gasteiger charge is -2.16. The quantitative estimate of drug-likeness (QED) is 0.338. The Kier molecular flexibility index (Phi) is 2.55. The fourth-order valence-corrected chi connectivity index (χ4v) is 1.03. The molecular formula is C8H6N2O2. The molecule has 1 aliphatic rings. The lowest BCUT2D eigenvalue weighted by molar-refractivity contribution is 0.480. The van der Waals surface area contributed by atoms with Gasteiger partial charge in [-0.1, -0.05) is 5.92 Å². The van der Waals surface area contributed by atoms with Gasteiger partial charge < -0.3 is 0 Å². The lowest BCUT2D eigenvalue weighted by atomic mass is 10.00. The average molecular weight is 162 g/mol. The van der Waals surface area contributed by atoms with Crippen molar-refractivity contribution in [2.24, 2.45) is 9.98 Å². The summed E-state index contributed by atoms with van der Waals surface area (Å²) in [5, 5.41) is 0. The zero-order valence-electron chi connectivity index (χ0n) is 6.33. The van der Waals surface area contributed by atoms with Crippen molar-refractivity contribution in [3.63, 3.8) is 0 Å². The molecular weight excluding hydrogens is 156 g/mol. The molecule has 0 atom stereocenters. The monoisotopic (exact) mass is 162 g/mol. The summed E-state index contributed by atoms with van der Waals surface area (Å²) in [6, 6.07) is 0. The molecule has 0 aromatic carbocycles. The summed E-state index contributed by atoms with van der Waals surface area (Å²) in [4.78, 5) is 26.8. The molecule has 60 valence electrons.